The van der Waals surface area contributed by atoms with Gasteiger partial charge in [0.15, 0.2) is 0 Å². The number of nitrogens with two attached hydrogens (primary N) is 1. The van der Waals surface area contributed by atoms with E-state index in [0.717, 1.165) is 29.8 Å². The van der Waals surface area contributed by atoms with Gasteiger partial charge in [-0.1, -0.05) is 0 Å². The normalized spacial score (nSPS) is 14.5. The van der Waals surface area contributed by atoms with Crippen molar-refractivity contribution in [2.24, 2.45) is 9.50 Å². The topological polar surface area (TPSA) is 84.1 Å². The SMILES string of the molecule is Cc1[nH]c2ccncc2c1N=S(N)(=O)c1ccc(C(F)(F)F)cc1. The summed E-state index contributed by atoms with van der Waals surface area (Å²) in [7, 11) is -3.40. The number of rotatable bonds is 2. The van der Waals surface area contributed by atoms with Gasteiger partial charge in [-0.15, -0.1) is 0 Å². The molecule has 0 amide bonds. The zero-order valence-electron chi connectivity index (χ0n) is 12.5. The Bertz CT molecular complexity index is 1020. The number of aromatic amines is 1. The molecule has 0 saturated carbocycles. The van der Waals surface area contributed by atoms with Crippen molar-refractivity contribution in [3.8, 4) is 0 Å². The van der Waals surface area contributed by atoms with Crippen LogP contribution in [-0.2, 0) is 16.1 Å². The number of alkyl halides is 3. The van der Waals surface area contributed by atoms with Gasteiger partial charge in [0.1, 0.15) is 15.6 Å². The van der Waals surface area contributed by atoms with Crippen molar-refractivity contribution in [2.45, 2.75) is 18.0 Å². The van der Waals surface area contributed by atoms with E-state index in [-0.39, 0.29) is 4.90 Å². The largest absolute Gasteiger partial charge is 0.416 e. The fraction of sp³-hybridized carbons (Fsp3) is 0.133. The smallest absolute Gasteiger partial charge is 0.357 e. The van der Waals surface area contributed by atoms with E-state index in [1.165, 1.54) is 0 Å². The summed E-state index contributed by atoms with van der Waals surface area (Å²) in [6, 6.07) is 5.56. The van der Waals surface area contributed by atoms with E-state index in [4.69, 9.17) is 5.14 Å². The zero-order chi connectivity index (χ0) is 17.5. The van der Waals surface area contributed by atoms with E-state index in [0.29, 0.717) is 16.8 Å². The Balaban J connectivity index is 2.11. The maximum Gasteiger partial charge on any atom is 0.416 e. The first kappa shape index (κ1) is 16.5. The molecule has 1 aromatic carbocycles. The van der Waals surface area contributed by atoms with Crippen molar-refractivity contribution >= 4 is 26.5 Å². The second kappa shape index (κ2) is 5.60. The number of aryl methyl sites for hydroxylation is 1. The van der Waals surface area contributed by atoms with Gasteiger partial charge in [-0.25, -0.2) is 9.35 Å². The van der Waals surface area contributed by atoms with Crippen LogP contribution < -0.4 is 5.14 Å². The lowest BCUT2D eigenvalue weighted by Crippen LogP contribution is -2.13. The predicted molar refractivity (Wildman–Crippen MR) is 85.0 cm³/mol. The van der Waals surface area contributed by atoms with E-state index >= 15 is 0 Å². The van der Waals surface area contributed by atoms with E-state index in [1.54, 1.807) is 25.4 Å². The molecule has 0 bridgehead atoms. The molecular weight excluding hydrogens is 341 g/mol. The molecule has 126 valence electrons. The summed E-state index contributed by atoms with van der Waals surface area (Å²) in [5.74, 6) is 0. The number of nitrogens with zero attached hydrogens (tertiary/aromatic N) is 2. The van der Waals surface area contributed by atoms with Crippen LogP contribution in [0.3, 0.4) is 0 Å². The average Bonchev–Trinajstić information content (AvgIpc) is 2.82. The molecule has 1 atom stereocenters. The molecular formula is C15H13F3N4OS. The maximum absolute atomic E-state index is 12.7. The maximum atomic E-state index is 12.7. The molecule has 24 heavy (non-hydrogen) atoms. The molecule has 3 N–H and O–H groups in total. The lowest BCUT2D eigenvalue weighted by molar-refractivity contribution is -0.137. The van der Waals surface area contributed by atoms with Gasteiger partial charge in [0.25, 0.3) is 0 Å². The predicted octanol–water partition coefficient (Wildman–Crippen LogP) is 3.92. The van der Waals surface area contributed by atoms with Crippen molar-refractivity contribution in [1.82, 2.24) is 9.97 Å². The van der Waals surface area contributed by atoms with Crippen molar-refractivity contribution in [3.05, 3.63) is 54.0 Å². The Morgan fingerprint density at radius 2 is 1.88 bits per heavy atom. The van der Waals surface area contributed by atoms with Crippen LogP contribution in [0.2, 0.25) is 0 Å². The summed E-state index contributed by atoms with van der Waals surface area (Å²) in [5, 5.41) is 6.43. The van der Waals surface area contributed by atoms with E-state index in [1.807, 2.05) is 0 Å². The summed E-state index contributed by atoms with van der Waals surface area (Å²) in [5.41, 5.74) is 0.936. The standard InChI is InChI=1S/C15H13F3N4OS/c1-9-14(12-8-20-7-6-13(12)21-9)22-24(19,23)11-4-2-10(3-5-11)15(16,17)18/h2-8,21H,1H3,(H2,19,22,23). The van der Waals surface area contributed by atoms with E-state index in [2.05, 4.69) is 14.3 Å². The van der Waals surface area contributed by atoms with Gasteiger partial charge in [-0.05, 0) is 37.3 Å². The molecule has 5 nitrogen and oxygen atoms in total. The van der Waals surface area contributed by atoms with Crippen LogP contribution in [0.15, 0.2) is 52.0 Å². The molecule has 0 aliphatic heterocycles. The molecule has 3 rings (SSSR count). The molecule has 0 aliphatic carbocycles. The van der Waals surface area contributed by atoms with E-state index in [9.17, 15) is 17.4 Å². The third kappa shape index (κ3) is 3.00. The van der Waals surface area contributed by atoms with Gasteiger partial charge < -0.3 is 4.98 Å². The molecule has 2 aromatic heterocycles. The summed E-state index contributed by atoms with van der Waals surface area (Å²) in [4.78, 5) is 7.08. The van der Waals surface area contributed by atoms with Gasteiger partial charge in [0.05, 0.1) is 16.0 Å². The van der Waals surface area contributed by atoms with Crippen LogP contribution in [0, 0.1) is 6.92 Å². The van der Waals surface area contributed by atoms with Crippen molar-refractivity contribution in [3.63, 3.8) is 0 Å². The molecule has 1 unspecified atom stereocenters. The molecule has 3 aromatic rings. The highest BCUT2D eigenvalue weighted by molar-refractivity contribution is 7.91. The zero-order valence-corrected chi connectivity index (χ0v) is 13.3. The Kier molecular flexibility index (Phi) is 3.84. The second-order valence-corrected chi connectivity index (χ2v) is 6.99. The first-order chi connectivity index (χ1) is 11.2. The molecule has 0 aliphatic rings. The second-order valence-electron chi connectivity index (χ2n) is 5.20. The van der Waals surface area contributed by atoms with Crippen molar-refractivity contribution in [2.75, 3.05) is 0 Å². The first-order valence-electron chi connectivity index (χ1n) is 6.83. The Morgan fingerprint density at radius 1 is 1.21 bits per heavy atom. The number of halogens is 3. The van der Waals surface area contributed by atoms with Crippen molar-refractivity contribution in [1.29, 1.82) is 0 Å². The highest BCUT2D eigenvalue weighted by Gasteiger charge is 2.30. The minimum atomic E-state index is -4.47. The number of H-pyrrole nitrogens is 1. The van der Waals surface area contributed by atoms with Gasteiger partial charge in [-0.3, -0.25) is 4.98 Å². The summed E-state index contributed by atoms with van der Waals surface area (Å²) >= 11 is 0. The minimum absolute atomic E-state index is 0.0214. The number of hydrogen-bond donors (Lipinski definition) is 2. The molecule has 2 heterocycles. The third-order valence-electron chi connectivity index (χ3n) is 3.50. The number of fused-ring (bicyclic) bond motifs is 1. The summed E-state index contributed by atoms with van der Waals surface area (Å²) < 4.78 is 54.6. The van der Waals surface area contributed by atoms with Crippen LogP contribution in [0.25, 0.3) is 10.9 Å². The van der Waals surface area contributed by atoms with Gasteiger partial charge in [0.2, 0.25) is 0 Å². The number of nitrogens with one attached hydrogen (secondary N) is 1. The van der Waals surface area contributed by atoms with Crippen molar-refractivity contribution < 1.29 is 17.4 Å². The highest BCUT2D eigenvalue weighted by Crippen LogP contribution is 2.32. The van der Waals surface area contributed by atoms with Crippen LogP contribution in [-0.4, -0.2) is 14.2 Å². The number of benzene rings is 1. The Morgan fingerprint density at radius 3 is 2.50 bits per heavy atom. The molecule has 0 radical (unpaired) electrons. The van der Waals surface area contributed by atoms with Crippen LogP contribution in [0.4, 0.5) is 18.9 Å². The fourth-order valence-corrected chi connectivity index (χ4v) is 3.44. The third-order valence-corrected chi connectivity index (χ3v) is 4.90. The fourth-order valence-electron chi connectivity index (χ4n) is 2.30. The Labute approximate surface area is 136 Å². The van der Waals surface area contributed by atoms with Crippen LogP contribution >= 0.6 is 0 Å². The number of pyridine rings is 1. The molecule has 0 saturated heterocycles. The highest BCUT2D eigenvalue weighted by atomic mass is 32.2. The first-order valence-corrected chi connectivity index (χ1v) is 8.41. The number of aromatic nitrogens is 2. The summed E-state index contributed by atoms with van der Waals surface area (Å²) in [6.45, 7) is 1.74. The average molecular weight is 354 g/mol. The lowest BCUT2D eigenvalue weighted by atomic mass is 10.2. The van der Waals surface area contributed by atoms with Gasteiger partial charge in [-0.2, -0.15) is 17.5 Å². The van der Waals surface area contributed by atoms with Crippen LogP contribution in [0.1, 0.15) is 11.3 Å². The van der Waals surface area contributed by atoms with Gasteiger partial charge in [0, 0.05) is 23.5 Å². The molecule has 9 heteroatoms. The van der Waals surface area contributed by atoms with E-state index < -0.39 is 21.7 Å². The number of hydrogen-bond acceptors (Lipinski definition) is 3. The summed E-state index contributed by atoms with van der Waals surface area (Å²) in [6.07, 6.45) is -1.32. The monoisotopic (exact) mass is 354 g/mol. The minimum Gasteiger partial charge on any atom is -0.357 e. The molecule has 0 fully saturated rings. The lowest BCUT2D eigenvalue weighted by Gasteiger charge is -2.08. The van der Waals surface area contributed by atoms with Gasteiger partial charge >= 0.3 is 6.18 Å². The van der Waals surface area contributed by atoms with Crippen LogP contribution in [0.5, 0.6) is 0 Å². The molecule has 0 spiro atoms. The Hall–Kier alpha value is -2.39. The quantitative estimate of drug-likeness (QED) is 0.731.